The van der Waals surface area contributed by atoms with E-state index in [9.17, 15) is 9.82 Å². The van der Waals surface area contributed by atoms with Crippen molar-refractivity contribution in [3.8, 4) is 0 Å². The van der Waals surface area contributed by atoms with Gasteiger partial charge in [-0.25, -0.2) is 0 Å². The average Bonchev–Trinajstić information content (AvgIpc) is 2.92. The van der Waals surface area contributed by atoms with Gasteiger partial charge in [0.25, 0.3) is 0 Å². The van der Waals surface area contributed by atoms with Crippen LogP contribution in [0.15, 0.2) is 30.3 Å². The second-order valence-corrected chi connectivity index (χ2v) is 6.00. The van der Waals surface area contributed by atoms with Crippen LogP contribution in [0.2, 0.25) is 6.82 Å². The largest absolute Gasteiger partial charge is 0.466 e. The second kappa shape index (κ2) is 7.76. The van der Waals surface area contributed by atoms with E-state index < -0.39 is 7.05 Å². The number of nitrogens with two attached hydrogens (primary N) is 1. The number of esters is 1. The maximum absolute atomic E-state index is 12.2. The first-order chi connectivity index (χ1) is 10.5. The zero-order valence-electron chi connectivity index (χ0n) is 13.6. The summed E-state index contributed by atoms with van der Waals surface area (Å²) in [7, 11) is -0.539. The average molecular weight is 305 g/mol. The van der Waals surface area contributed by atoms with Crippen molar-refractivity contribution in [2.75, 3.05) is 19.7 Å². The molecular formula is C16H26BN2O3+. The highest BCUT2D eigenvalue weighted by atomic mass is 16.5. The monoisotopic (exact) mass is 305 g/mol. The molecule has 0 aliphatic carbocycles. The van der Waals surface area contributed by atoms with Gasteiger partial charge in [0.1, 0.15) is 18.0 Å². The fourth-order valence-corrected chi connectivity index (χ4v) is 3.10. The van der Waals surface area contributed by atoms with Crippen molar-refractivity contribution in [2.45, 2.75) is 32.8 Å². The zero-order chi connectivity index (χ0) is 16.1. The Morgan fingerprint density at radius 1 is 1.45 bits per heavy atom. The SMILES string of the molecule is CCOC(=O)[C@@H]1CN(B(C)O)C[C@H]1[NH2+][C@@H](C)c1ccccc1. The van der Waals surface area contributed by atoms with E-state index in [0.717, 1.165) is 0 Å². The van der Waals surface area contributed by atoms with Crippen molar-refractivity contribution in [3.63, 3.8) is 0 Å². The van der Waals surface area contributed by atoms with Crippen LogP contribution in [0.1, 0.15) is 25.5 Å². The zero-order valence-corrected chi connectivity index (χ0v) is 13.6. The van der Waals surface area contributed by atoms with Gasteiger partial charge in [-0.05, 0) is 20.7 Å². The van der Waals surface area contributed by atoms with Gasteiger partial charge < -0.3 is 19.9 Å². The summed E-state index contributed by atoms with van der Waals surface area (Å²) in [6.45, 7) is 7.35. The van der Waals surface area contributed by atoms with E-state index in [1.807, 2.05) is 29.9 Å². The summed E-state index contributed by atoms with van der Waals surface area (Å²) in [6, 6.07) is 10.6. The Balaban J connectivity index is 2.06. The van der Waals surface area contributed by atoms with Crippen LogP contribution in [-0.2, 0) is 9.53 Å². The molecule has 0 amide bonds. The highest BCUT2D eigenvalue weighted by molar-refractivity contribution is 6.45. The van der Waals surface area contributed by atoms with Gasteiger partial charge in [-0.2, -0.15) is 0 Å². The van der Waals surface area contributed by atoms with Crippen LogP contribution >= 0.6 is 0 Å². The maximum Gasteiger partial charge on any atom is 0.376 e. The number of hydrogen-bond acceptors (Lipinski definition) is 4. The third-order valence-electron chi connectivity index (χ3n) is 4.37. The first kappa shape index (κ1) is 17.0. The molecule has 5 nitrogen and oxygen atoms in total. The highest BCUT2D eigenvalue weighted by Crippen LogP contribution is 2.18. The van der Waals surface area contributed by atoms with Crippen molar-refractivity contribution in [1.82, 2.24) is 4.81 Å². The van der Waals surface area contributed by atoms with E-state index in [4.69, 9.17) is 4.74 Å². The van der Waals surface area contributed by atoms with E-state index in [2.05, 4.69) is 24.4 Å². The van der Waals surface area contributed by atoms with E-state index in [1.165, 1.54) is 5.56 Å². The van der Waals surface area contributed by atoms with Crippen molar-refractivity contribution in [3.05, 3.63) is 35.9 Å². The Morgan fingerprint density at radius 3 is 2.73 bits per heavy atom. The molecule has 2 rings (SSSR count). The standard InChI is InChI=1S/C16H25BN2O3/c1-4-22-16(20)14-10-19(17(3)21)11-15(14)18-12(2)13-8-6-5-7-9-13/h5-9,12,14-15,18,21H,4,10-11H2,1-3H3/p+1/t12-,14+,15+/m0/s1. The predicted molar refractivity (Wildman–Crippen MR) is 86.1 cm³/mol. The number of quaternary nitrogens is 1. The summed E-state index contributed by atoms with van der Waals surface area (Å²) < 4.78 is 5.20. The number of carbonyl (C=O) groups is 1. The van der Waals surface area contributed by atoms with Gasteiger partial charge in [0.2, 0.25) is 0 Å². The van der Waals surface area contributed by atoms with Crippen molar-refractivity contribution >= 4 is 13.0 Å². The number of benzene rings is 1. The molecule has 0 saturated carbocycles. The van der Waals surface area contributed by atoms with Crippen molar-refractivity contribution in [1.29, 1.82) is 0 Å². The van der Waals surface area contributed by atoms with Crippen LogP contribution in [-0.4, -0.2) is 48.6 Å². The lowest BCUT2D eigenvalue weighted by Gasteiger charge is -2.20. The summed E-state index contributed by atoms with van der Waals surface area (Å²) in [4.78, 5) is 14.1. The van der Waals surface area contributed by atoms with E-state index >= 15 is 0 Å². The Hall–Kier alpha value is -1.37. The summed E-state index contributed by atoms with van der Waals surface area (Å²) in [5.41, 5.74) is 1.24. The molecule has 1 heterocycles. The summed E-state index contributed by atoms with van der Waals surface area (Å²) in [6.07, 6.45) is 0. The van der Waals surface area contributed by atoms with Crippen LogP contribution in [0.4, 0.5) is 0 Å². The smallest absolute Gasteiger partial charge is 0.376 e. The van der Waals surface area contributed by atoms with Crippen molar-refractivity contribution in [2.24, 2.45) is 5.92 Å². The fraction of sp³-hybridized carbons (Fsp3) is 0.562. The molecule has 0 unspecified atom stereocenters. The quantitative estimate of drug-likeness (QED) is 0.585. The van der Waals surface area contributed by atoms with E-state index in [1.54, 1.807) is 6.82 Å². The Labute approximate surface area is 132 Å². The fourth-order valence-electron chi connectivity index (χ4n) is 3.10. The predicted octanol–water partition coefficient (Wildman–Crippen LogP) is 0.285. The minimum absolute atomic E-state index is 0.101. The van der Waals surface area contributed by atoms with Gasteiger partial charge in [-0.15, -0.1) is 0 Å². The first-order valence-electron chi connectivity index (χ1n) is 8.01. The van der Waals surface area contributed by atoms with E-state index in [-0.39, 0.29) is 24.0 Å². The molecule has 3 N–H and O–H groups in total. The molecule has 0 bridgehead atoms. The molecule has 6 heteroatoms. The van der Waals surface area contributed by atoms with Gasteiger partial charge in [-0.1, -0.05) is 30.3 Å². The second-order valence-electron chi connectivity index (χ2n) is 6.00. The number of nitrogens with zero attached hydrogens (tertiary/aromatic N) is 1. The topological polar surface area (TPSA) is 66.4 Å². The van der Waals surface area contributed by atoms with Crippen molar-refractivity contribution < 1.29 is 19.9 Å². The normalized spacial score (nSPS) is 23.3. The molecule has 0 radical (unpaired) electrons. The molecule has 120 valence electrons. The first-order valence-corrected chi connectivity index (χ1v) is 8.01. The summed E-state index contributed by atoms with van der Waals surface area (Å²) in [5, 5.41) is 12.0. The highest BCUT2D eigenvalue weighted by Gasteiger charge is 2.43. The van der Waals surface area contributed by atoms with Crippen LogP contribution in [0.25, 0.3) is 0 Å². The molecule has 3 atom stereocenters. The van der Waals surface area contributed by atoms with Gasteiger partial charge >= 0.3 is 13.0 Å². The number of hydrogen-bond donors (Lipinski definition) is 2. The Morgan fingerprint density at radius 2 is 2.14 bits per heavy atom. The Bertz CT molecular complexity index is 484. The van der Waals surface area contributed by atoms with Gasteiger partial charge in [0, 0.05) is 18.7 Å². The van der Waals surface area contributed by atoms with Crippen LogP contribution in [0, 0.1) is 5.92 Å². The van der Waals surface area contributed by atoms with Crippen LogP contribution in [0.5, 0.6) is 0 Å². The van der Waals surface area contributed by atoms with E-state index in [0.29, 0.717) is 19.7 Å². The van der Waals surface area contributed by atoms with Crippen LogP contribution in [0.3, 0.4) is 0 Å². The lowest BCUT2D eigenvalue weighted by Crippen LogP contribution is -2.92. The molecule has 1 aliphatic rings. The molecule has 1 aromatic carbocycles. The molecule has 0 spiro atoms. The third-order valence-corrected chi connectivity index (χ3v) is 4.37. The third kappa shape index (κ3) is 4.09. The molecule has 1 fully saturated rings. The Kier molecular flexibility index (Phi) is 6.00. The number of carbonyl (C=O) groups excluding carboxylic acids is 1. The maximum atomic E-state index is 12.2. The molecule has 1 saturated heterocycles. The number of ether oxygens (including phenoxy) is 1. The molecule has 22 heavy (non-hydrogen) atoms. The molecule has 1 aromatic rings. The minimum Gasteiger partial charge on any atom is -0.466 e. The summed E-state index contributed by atoms with van der Waals surface area (Å²) in [5.74, 6) is -0.354. The molecule has 1 aliphatic heterocycles. The van der Waals surface area contributed by atoms with Gasteiger partial charge in [-0.3, -0.25) is 4.79 Å². The summed E-state index contributed by atoms with van der Waals surface area (Å²) >= 11 is 0. The van der Waals surface area contributed by atoms with Gasteiger partial charge in [0.05, 0.1) is 6.61 Å². The minimum atomic E-state index is -0.539. The lowest BCUT2D eigenvalue weighted by molar-refractivity contribution is -0.725. The van der Waals surface area contributed by atoms with Crippen LogP contribution < -0.4 is 5.32 Å². The lowest BCUT2D eigenvalue weighted by atomic mass is 9.86. The molecule has 0 aromatic heterocycles. The number of rotatable bonds is 6. The van der Waals surface area contributed by atoms with Gasteiger partial charge in [0.15, 0.2) is 0 Å². The molecular weight excluding hydrogens is 279 g/mol.